The molecule has 0 aromatic carbocycles. The lowest BCUT2D eigenvalue weighted by Crippen LogP contribution is -2.47. The Hall–Kier alpha value is -1.50. The van der Waals surface area contributed by atoms with E-state index in [4.69, 9.17) is 5.73 Å². The molecule has 0 radical (unpaired) electrons. The maximum atomic E-state index is 12.8. The highest BCUT2D eigenvalue weighted by atomic mass is 16.1. The summed E-state index contributed by atoms with van der Waals surface area (Å²) in [5.41, 5.74) is 5.69. The van der Waals surface area contributed by atoms with Crippen LogP contribution in [0.2, 0.25) is 0 Å². The van der Waals surface area contributed by atoms with E-state index in [1.807, 2.05) is 0 Å². The van der Waals surface area contributed by atoms with Gasteiger partial charge in [0.05, 0.1) is 6.04 Å². The van der Waals surface area contributed by atoms with E-state index in [0.29, 0.717) is 45.6 Å². The van der Waals surface area contributed by atoms with Crippen molar-refractivity contribution in [3.05, 3.63) is 24.3 Å². The first-order chi connectivity index (χ1) is 23.7. The second-order valence-electron chi connectivity index (χ2n) is 14.0. The molecule has 0 fully saturated rings. The van der Waals surface area contributed by atoms with Gasteiger partial charge in [-0.15, -0.1) is 0 Å². The lowest BCUT2D eigenvalue weighted by atomic mass is 10.0. The van der Waals surface area contributed by atoms with Crippen molar-refractivity contribution in [2.75, 3.05) is 32.7 Å². The molecular formula is C42H82N4O2. The number of hydrogen-bond acceptors (Lipinski definition) is 5. The number of amides is 1. The van der Waals surface area contributed by atoms with Crippen molar-refractivity contribution in [2.24, 2.45) is 5.73 Å². The third-order valence-electron chi connectivity index (χ3n) is 9.25. The molecular weight excluding hydrogens is 592 g/mol. The fourth-order valence-electron chi connectivity index (χ4n) is 6.08. The lowest BCUT2D eigenvalue weighted by Gasteiger charge is -2.18. The predicted molar refractivity (Wildman–Crippen MR) is 211 cm³/mol. The van der Waals surface area contributed by atoms with E-state index in [2.05, 4.69) is 54.1 Å². The number of nitrogens with one attached hydrogen (secondary N) is 3. The monoisotopic (exact) mass is 675 g/mol. The molecule has 1 atom stereocenters. The fraction of sp³-hybridized carbons (Fsp3) is 0.857. The Bertz CT molecular complexity index is 739. The molecule has 0 aliphatic rings. The van der Waals surface area contributed by atoms with Crippen LogP contribution in [0.25, 0.3) is 0 Å². The molecule has 48 heavy (non-hydrogen) atoms. The second-order valence-corrected chi connectivity index (χ2v) is 14.0. The minimum atomic E-state index is -0.211. The normalized spacial score (nSPS) is 12.4. The van der Waals surface area contributed by atoms with Crippen molar-refractivity contribution in [1.82, 2.24) is 16.0 Å². The molecule has 0 spiro atoms. The smallest absolute Gasteiger partial charge is 0.220 e. The first-order valence-electron chi connectivity index (χ1n) is 20.9. The highest BCUT2D eigenvalue weighted by Crippen LogP contribution is 2.12. The van der Waals surface area contributed by atoms with Crippen LogP contribution in [0.1, 0.15) is 194 Å². The zero-order valence-electron chi connectivity index (χ0n) is 32.1. The van der Waals surface area contributed by atoms with Crippen LogP contribution < -0.4 is 21.7 Å². The van der Waals surface area contributed by atoms with Crippen LogP contribution in [-0.2, 0) is 9.59 Å². The second kappa shape index (κ2) is 39.9. The summed E-state index contributed by atoms with van der Waals surface area (Å²) in [7, 11) is 0. The summed E-state index contributed by atoms with van der Waals surface area (Å²) < 4.78 is 0. The largest absolute Gasteiger partial charge is 0.355 e. The highest BCUT2D eigenvalue weighted by molar-refractivity contribution is 5.84. The van der Waals surface area contributed by atoms with Crippen molar-refractivity contribution >= 4 is 11.7 Å². The van der Waals surface area contributed by atoms with Crippen molar-refractivity contribution in [3.8, 4) is 0 Å². The molecule has 1 amide bonds. The number of carbonyl (C=O) groups excluding carboxylic acids is 2. The molecule has 6 nitrogen and oxygen atoms in total. The minimum Gasteiger partial charge on any atom is -0.355 e. The van der Waals surface area contributed by atoms with Crippen LogP contribution in [0.15, 0.2) is 24.3 Å². The highest BCUT2D eigenvalue weighted by Gasteiger charge is 2.16. The van der Waals surface area contributed by atoms with Gasteiger partial charge in [0.25, 0.3) is 0 Å². The van der Waals surface area contributed by atoms with Gasteiger partial charge >= 0.3 is 0 Å². The maximum Gasteiger partial charge on any atom is 0.220 e. The number of allylic oxidation sites excluding steroid dienone is 4. The van der Waals surface area contributed by atoms with Gasteiger partial charge in [0.1, 0.15) is 0 Å². The molecule has 0 saturated heterocycles. The molecule has 1 unspecified atom stereocenters. The summed E-state index contributed by atoms with van der Waals surface area (Å²) in [6.45, 7) is 7.53. The molecule has 5 N–H and O–H groups in total. The van der Waals surface area contributed by atoms with Crippen molar-refractivity contribution < 1.29 is 9.59 Å². The molecule has 0 rings (SSSR count). The Morgan fingerprint density at radius 1 is 0.521 bits per heavy atom. The van der Waals surface area contributed by atoms with E-state index in [9.17, 15) is 9.59 Å². The summed E-state index contributed by atoms with van der Waals surface area (Å²) in [6.07, 6.45) is 43.5. The number of Topliss-reactive ketones (excluding diaryl/α,β-unsaturated/α-hetero) is 1. The van der Waals surface area contributed by atoms with Gasteiger partial charge in [-0.25, -0.2) is 0 Å². The summed E-state index contributed by atoms with van der Waals surface area (Å²) >= 11 is 0. The van der Waals surface area contributed by atoms with Crippen LogP contribution >= 0.6 is 0 Å². The number of unbranched alkanes of at least 4 members (excludes halogenated alkanes) is 22. The number of carbonyl (C=O) groups is 2. The molecule has 6 heteroatoms. The number of rotatable bonds is 39. The van der Waals surface area contributed by atoms with E-state index in [1.165, 1.54) is 141 Å². The molecule has 0 bridgehead atoms. The van der Waals surface area contributed by atoms with Crippen LogP contribution in [0.3, 0.4) is 0 Å². The zero-order valence-corrected chi connectivity index (χ0v) is 32.1. The zero-order chi connectivity index (χ0) is 35.0. The van der Waals surface area contributed by atoms with E-state index in [0.717, 1.165) is 25.7 Å². The van der Waals surface area contributed by atoms with Gasteiger partial charge in [0.2, 0.25) is 5.91 Å². The maximum absolute atomic E-state index is 12.8. The quantitative estimate of drug-likeness (QED) is 0.0384. The Balaban J connectivity index is 3.72. The third kappa shape index (κ3) is 35.8. The van der Waals surface area contributed by atoms with E-state index < -0.39 is 0 Å². The Labute approximate surface area is 299 Å². The van der Waals surface area contributed by atoms with Gasteiger partial charge in [0, 0.05) is 45.6 Å². The summed E-state index contributed by atoms with van der Waals surface area (Å²) in [6, 6.07) is -0.211. The SMILES string of the molecule is CCCCCCCC/C=C\CCCCCCCC(=O)NCCNCC(NCCN)C(=O)CCCCCCC/C=C\CCCCCCCC. The van der Waals surface area contributed by atoms with Crippen molar-refractivity contribution in [1.29, 1.82) is 0 Å². The van der Waals surface area contributed by atoms with E-state index in [1.54, 1.807) is 0 Å². The van der Waals surface area contributed by atoms with Gasteiger partial charge in [-0.1, -0.05) is 141 Å². The third-order valence-corrected chi connectivity index (χ3v) is 9.25. The number of nitrogens with two attached hydrogens (primary N) is 1. The first-order valence-corrected chi connectivity index (χ1v) is 20.9. The molecule has 0 aliphatic carbocycles. The van der Waals surface area contributed by atoms with Gasteiger partial charge in [-0.3, -0.25) is 9.59 Å². The average molecular weight is 675 g/mol. The van der Waals surface area contributed by atoms with Crippen LogP contribution in [-0.4, -0.2) is 50.5 Å². The van der Waals surface area contributed by atoms with Crippen molar-refractivity contribution in [3.63, 3.8) is 0 Å². The van der Waals surface area contributed by atoms with Crippen LogP contribution in [0.4, 0.5) is 0 Å². The first kappa shape index (κ1) is 46.5. The minimum absolute atomic E-state index is 0.132. The van der Waals surface area contributed by atoms with E-state index in [-0.39, 0.29) is 17.7 Å². The Kier molecular flexibility index (Phi) is 38.7. The Morgan fingerprint density at radius 2 is 0.938 bits per heavy atom. The molecule has 282 valence electrons. The lowest BCUT2D eigenvalue weighted by molar-refractivity contribution is -0.122. The molecule has 0 aromatic heterocycles. The standard InChI is InChI=1S/C42H82N4O2/c1-3-5-7-9-11-13-15-17-19-21-23-25-27-29-31-33-41(47)40(45-36-35-43)39-44-37-38-46-42(48)34-32-30-28-26-24-22-20-18-16-14-12-10-8-6-4-2/h17-20,40,44-45H,3-16,21-39,43H2,1-2H3,(H,46,48)/b19-17-,20-18-. The Morgan fingerprint density at radius 3 is 1.40 bits per heavy atom. The van der Waals surface area contributed by atoms with Crippen LogP contribution in [0, 0.1) is 0 Å². The van der Waals surface area contributed by atoms with Gasteiger partial charge in [-0.2, -0.15) is 0 Å². The average Bonchev–Trinajstić information content (AvgIpc) is 3.09. The number of hydrogen-bond donors (Lipinski definition) is 4. The summed E-state index contributed by atoms with van der Waals surface area (Å²) in [4.78, 5) is 25.1. The molecule has 0 aromatic rings. The van der Waals surface area contributed by atoms with E-state index >= 15 is 0 Å². The van der Waals surface area contributed by atoms with Gasteiger partial charge in [-0.05, 0) is 64.2 Å². The molecule has 0 aliphatic heterocycles. The van der Waals surface area contributed by atoms with Gasteiger partial charge in [0.15, 0.2) is 5.78 Å². The number of ketones is 1. The summed E-state index contributed by atoms with van der Waals surface area (Å²) in [5, 5.41) is 9.68. The molecule has 0 saturated carbocycles. The van der Waals surface area contributed by atoms with Crippen LogP contribution in [0.5, 0.6) is 0 Å². The van der Waals surface area contributed by atoms with Crippen molar-refractivity contribution in [2.45, 2.75) is 200 Å². The van der Waals surface area contributed by atoms with Gasteiger partial charge < -0.3 is 21.7 Å². The summed E-state index contributed by atoms with van der Waals surface area (Å²) in [5.74, 6) is 0.398. The predicted octanol–water partition coefficient (Wildman–Crippen LogP) is 10.3. The molecule has 0 heterocycles. The topological polar surface area (TPSA) is 96.2 Å². The fourth-order valence-corrected chi connectivity index (χ4v) is 6.08.